The molecular formula is C13H14ClNO4. The van der Waals surface area contributed by atoms with Gasteiger partial charge in [-0.2, -0.15) is 0 Å². The molecule has 2 rings (SSSR count). The molecule has 1 saturated heterocycles. The maximum absolute atomic E-state index is 11.9. The third-order valence-electron chi connectivity index (χ3n) is 2.87. The SMILES string of the molecule is COC(=O)c1ccc(Cl)c(NC(=O)[C@H]2CCCO2)c1. The Morgan fingerprint density at radius 1 is 1.47 bits per heavy atom. The second-order valence-corrected chi connectivity index (χ2v) is 4.58. The summed E-state index contributed by atoms with van der Waals surface area (Å²) in [6.07, 6.45) is 1.12. The summed E-state index contributed by atoms with van der Waals surface area (Å²) in [5.74, 6) is -0.731. The zero-order chi connectivity index (χ0) is 13.8. The van der Waals surface area contributed by atoms with Crippen LogP contribution in [0, 0.1) is 0 Å². The predicted molar refractivity (Wildman–Crippen MR) is 70.4 cm³/mol. The van der Waals surface area contributed by atoms with E-state index in [4.69, 9.17) is 16.3 Å². The third-order valence-corrected chi connectivity index (χ3v) is 3.20. The summed E-state index contributed by atoms with van der Waals surface area (Å²) >= 11 is 5.99. The van der Waals surface area contributed by atoms with Crippen LogP contribution in [0.3, 0.4) is 0 Å². The van der Waals surface area contributed by atoms with Crippen LogP contribution < -0.4 is 5.32 Å². The molecule has 1 aliphatic heterocycles. The molecule has 1 aromatic rings. The van der Waals surface area contributed by atoms with Crippen LogP contribution in [0.1, 0.15) is 23.2 Å². The first-order chi connectivity index (χ1) is 9.11. The van der Waals surface area contributed by atoms with E-state index in [1.54, 1.807) is 6.07 Å². The molecule has 0 unspecified atom stereocenters. The van der Waals surface area contributed by atoms with Crippen molar-refractivity contribution in [3.8, 4) is 0 Å². The number of ether oxygens (including phenoxy) is 2. The zero-order valence-corrected chi connectivity index (χ0v) is 11.2. The molecule has 1 amide bonds. The molecule has 0 aromatic heterocycles. The number of amides is 1. The lowest BCUT2D eigenvalue weighted by atomic mass is 10.2. The molecular weight excluding hydrogens is 270 g/mol. The topological polar surface area (TPSA) is 64.6 Å². The molecule has 102 valence electrons. The van der Waals surface area contributed by atoms with Crippen LogP contribution >= 0.6 is 11.6 Å². The quantitative estimate of drug-likeness (QED) is 0.864. The first-order valence-electron chi connectivity index (χ1n) is 5.92. The maximum Gasteiger partial charge on any atom is 0.337 e. The minimum Gasteiger partial charge on any atom is -0.465 e. The van der Waals surface area contributed by atoms with Gasteiger partial charge in [0.2, 0.25) is 0 Å². The predicted octanol–water partition coefficient (Wildman–Crippen LogP) is 2.24. The van der Waals surface area contributed by atoms with Gasteiger partial charge in [-0.1, -0.05) is 11.6 Å². The van der Waals surface area contributed by atoms with Gasteiger partial charge in [-0.05, 0) is 31.0 Å². The van der Waals surface area contributed by atoms with Gasteiger partial charge >= 0.3 is 5.97 Å². The Hall–Kier alpha value is -1.59. The van der Waals surface area contributed by atoms with Crippen molar-refractivity contribution >= 4 is 29.2 Å². The van der Waals surface area contributed by atoms with E-state index in [1.165, 1.54) is 19.2 Å². The van der Waals surface area contributed by atoms with Crippen LogP contribution in [0.2, 0.25) is 5.02 Å². The van der Waals surface area contributed by atoms with Gasteiger partial charge in [-0.25, -0.2) is 4.79 Å². The number of methoxy groups -OCH3 is 1. The second kappa shape index (κ2) is 6.04. The molecule has 0 bridgehead atoms. The molecule has 0 aliphatic carbocycles. The molecule has 1 aliphatic rings. The Balaban J connectivity index is 2.14. The zero-order valence-electron chi connectivity index (χ0n) is 10.4. The highest BCUT2D eigenvalue weighted by molar-refractivity contribution is 6.33. The van der Waals surface area contributed by atoms with E-state index in [9.17, 15) is 9.59 Å². The summed E-state index contributed by atoms with van der Waals surface area (Å²) in [6, 6.07) is 4.57. The summed E-state index contributed by atoms with van der Waals surface area (Å²) in [5.41, 5.74) is 0.708. The van der Waals surface area contributed by atoms with Crippen LogP contribution in [-0.4, -0.2) is 31.7 Å². The lowest BCUT2D eigenvalue weighted by Crippen LogP contribution is -2.27. The van der Waals surface area contributed by atoms with Gasteiger partial charge < -0.3 is 14.8 Å². The van der Waals surface area contributed by atoms with Crippen molar-refractivity contribution in [2.45, 2.75) is 18.9 Å². The fourth-order valence-corrected chi connectivity index (χ4v) is 2.03. The molecule has 5 nitrogen and oxygen atoms in total. The lowest BCUT2D eigenvalue weighted by molar-refractivity contribution is -0.124. The Morgan fingerprint density at radius 3 is 2.89 bits per heavy atom. The van der Waals surface area contributed by atoms with Gasteiger partial charge in [0, 0.05) is 6.61 Å². The van der Waals surface area contributed by atoms with Crippen LogP contribution in [0.5, 0.6) is 0 Å². The van der Waals surface area contributed by atoms with Crippen LogP contribution in [0.15, 0.2) is 18.2 Å². The molecule has 1 N–H and O–H groups in total. The number of carbonyl (C=O) groups excluding carboxylic acids is 2. The van der Waals surface area contributed by atoms with Crippen molar-refractivity contribution in [1.82, 2.24) is 0 Å². The van der Waals surface area contributed by atoms with E-state index < -0.39 is 12.1 Å². The molecule has 1 heterocycles. The summed E-state index contributed by atoms with van der Waals surface area (Å²) < 4.78 is 9.90. The van der Waals surface area contributed by atoms with E-state index >= 15 is 0 Å². The van der Waals surface area contributed by atoms with Crippen molar-refractivity contribution in [3.63, 3.8) is 0 Å². The number of nitrogens with one attached hydrogen (secondary N) is 1. The van der Waals surface area contributed by atoms with Crippen LogP contribution in [0.25, 0.3) is 0 Å². The van der Waals surface area contributed by atoms with Gasteiger partial charge in [-0.15, -0.1) is 0 Å². The van der Waals surface area contributed by atoms with Gasteiger partial charge in [0.25, 0.3) is 5.91 Å². The number of esters is 1. The number of rotatable bonds is 3. The lowest BCUT2D eigenvalue weighted by Gasteiger charge is -2.12. The van der Waals surface area contributed by atoms with E-state index in [0.29, 0.717) is 29.3 Å². The number of anilines is 1. The van der Waals surface area contributed by atoms with Gasteiger partial charge in [0.1, 0.15) is 6.10 Å². The number of halogens is 1. The molecule has 1 fully saturated rings. The van der Waals surface area contributed by atoms with Gasteiger partial charge in [0.15, 0.2) is 0 Å². The Bertz CT molecular complexity index is 497. The van der Waals surface area contributed by atoms with Crippen LogP contribution in [-0.2, 0) is 14.3 Å². The maximum atomic E-state index is 11.9. The molecule has 0 saturated carbocycles. The molecule has 0 spiro atoms. The molecule has 0 radical (unpaired) electrons. The third kappa shape index (κ3) is 3.24. The first kappa shape index (κ1) is 13.8. The number of benzene rings is 1. The second-order valence-electron chi connectivity index (χ2n) is 4.18. The largest absolute Gasteiger partial charge is 0.465 e. The van der Waals surface area contributed by atoms with E-state index in [-0.39, 0.29) is 5.91 Å². The normalized spacial score (nSPS) is 18.1. The molecule has 1 aromatic carbocycles. The van der Waals surface area contributed by atoms with Crippen molar-refractivity contribution in [2.24, 2.45) is 0 Å². The first-order valence-corrected chi connectivity index (χ1v) is 6.30. The van der Waals surface area contributed by atoms with Crippen molar-refractivity contribution in [3.05, 3.63) is 28.8 Å². The summed E-state index contributed by atoms with van der Waals surface area (Å²) in [7, 11) is 1.29. The van der Waals surface area contributed by atoms with Gasteiger partial charge in [-0.3, -0.25) is 4.79 Å². The summed E-state index contributed by atoms with van der Waals surface area (Å²) in [6.45, 7) is 0.591. The Kier molecular flexibility index (Phi) is 4.39. The molecule has 1 atom stereocenters. The van der Waals surface area contributed by atoms with Crippen molar-refractivity contribution in [1.29, 1.82) is 0 Å². The van der Waals surface area contributed by atoms with Crippen molar-refractivity contribution in [2.75, 3.05) is 19.0 Å². The fourth-order valence-electron chi connectivity index (χ4n) is 1.86. The monoisotopic (exact) mass is 283 g/mol. The van der Waals surface area contributed by atoms with E-state index in [2.05, 4.69) is 10.1 Å². The Morgan fingerprint density at radius 2 is 2.26 bits per heavy atom. The van der Waals surface area contributed by atoms with E-state index in [1.807, 2.05) is 0 Å². The highest BCUT2D eigenvalue weighted by Gasteiger charge is 2.24. The Labute approximate surface area is 115 Å². The standard InChI is InChI=1S/C13H14ClNO4/c1-18-13(17)8-4-5-9(14)10(7-8)15-12(16)11-3-2-6-19-11/h4-5,7,11H,2-3,6H2,1H3,(H,15,16)/t11-/m1/s1. The smallest absolute Gasteiger partial charge is 0.337 e. The number of hydrogen-bond acceptors (Lipinski definition) is 4. The van der Waals surface area contributed by atoms with E-state index in [0.717, 1.165) is 6.42 Å². The average Bonchev–Trinajstić information content (AvgIpc) is 2.94. The summed E-state index contributed by atoms with van der Waals surface area (Å²) in [4.78, 5) is 23.3. The summed E-state index contributed by atoms with van der Waals surface area (Å²) in [5, 5.41) is 3.03. The number of carbonyl (C=O) groups is 2. The highest BCUT2D eigenvalue weighted by Crippen LogP contribution is 2.24. The minimum atomic E-state index is -0.482. The van der Waals surface area contributed by atoms with Crippen LogP contribution in [0.4, 0.5) is 5.69 Å². The van der Waals surface area contributed by atoms with Crippen molar-refractivity contribution < 1.29 is 19.1 Å². The van der Waals surface area contributed by atoms with Gasteiger partial charge in [0.05, 0.1) is 23.4 Å². The highest BCUT2D eigenvalue weighted by atomic mass is 35.5. The average molecular weight is 284 g/mol. The minimum absolute atomic E-state index is 0.249. The fraction of sp³-hybridized carbons (Fsp3) is 0.385. The molecule has 6 heteroatoms. The number of hydrogen-bond donors (Lipinski definition) is 1. The molecule has 19 heavy (non-hydrogen) atoms.